The van der Waals surface area contributed by atoms with Gasteiger partial charge in [-0.3, -0.25) is 4.79 Å². The molecule has 1 aliphatic rings. The van der Waals surface area contributed by atoms with Crippen LogP contribution in [0.5, 0.6) is 0 Å². The Balaban J connectivity index is 2.06. The molecule has 2 rings (SSSR count). The molecule has 1 heterocycles. The van der Waals surface area contributed by atoms with Crippen LogP contribution < -0.4 is 10.2 Å². The van der Waals surface area contributed by atoms with E-state index in [1.165, 1.54) is 12.1 Å². The molecule has 0 spiro atoms. The van der Waals surface area contributed by atoms with Crippen molar-refractivity contribution in [2.75, 3.05) is 24.5 Å². The van der Waals surface area contributed by atoms with Gasteiger partial charge < -0.3 is 10.2 Å². The Bertz CT molecular complexity index is 404. The summed E-state index contributed by atoms with van der Waals surface area (Å²) in [5.74, 6) is 0.203. The van der Waals surface area contributed by atoms with Gasteiger partial charge in [-0.1, -0.05) is 6.07 Å². The molecule has 0 radical (unpaired) electrons. The smallest absolute Gasteiger partial charge is 0.227 e. The number of nitrogens with one attached hydrogen (secondary N) is 1. The van der Waals surface area contributed by atoms with Gasteiger partial charge in [0.05, 0.1) is 0 Å². The molecule has 92 valence electrons. The van der Waals surface area contributed by atoms with E-state index in [1.807, 2.05) is 6.92 Å². The second-order valence-electron chi connectivity index (χ2n) is 4.35. The number of rotatable bonds is 4. The average Bonchev–Trinajstić information content (AvgIpc) is 2.25. The first kappa shape index (κ1) is 12.0. The summed E-state index contributed by atoms with van der Waals surface area (Å²) in [5.41, 5.74) is 0.643. The topological polar surface area (TPSA) is 32.3 Å². The quantitative estimate of drug-likeness (QED) is 0.864. The lowest BCUT2D eigenvalue weighted by Gasteiger charge is -2.29. The Morgan fingerprint density at radius 3 is 2.82 bits per heavy atom. The van der Waals surface area contributed by atoms with Crippen molar-refractivity contribution >= 4 is 11.6 Å². The van der Waals surface area contributed by atoms with Crippen LogP contribution >= 0.6 is 0 Å². The summed E-state index contributed by atoms with van der Waals surface area (Å²) >= 11 is 0. The highest BCUT2D eigenvalue weighted by molar-refractivity contribution is 5.93. The van der Waals surface area contributed by atoms with Gasteiger partial charge in [0.15, 0.2) is 0 Å². The van der Waals surface area contributed by atoms with Crippen molar-refractivity contribution in [3.05, 3.63) is 30.1 Å². The molecule has 0 saturated carbocycles. The summed E-state index contributed by atoms with van der Waals surface area (Å²) in [7, 11) is 0. The number of nitrogens with zero attached hydrogens (tertiary/aromatic N) is 1. The largest absolute Gasteiger partial charge is 0.316 e. The van der Waals surface area contributed by atoms with E-state index in [4.69, 9.17) is 0 Å². The van der Waals surface area contributed by atoms with Crippen molar-refractivity contribution in [2.24, 2.45) is 5.92 Å². The third-order valence-electron chi connectivity index (χ3n) is 3.07. The first-order valence-corrected chi connectivity index (χ1v) is 5.97. The van der Waals surface area contributed by atoms with E-state index < -0.39 is 0 Å². The predicted molar refractivity (Wildman–Crippen MR) is 65.4 cm³/mol. The second-order valence-corrected chi connectivity index (χ2v) is 4.35. The van der Waals surface area contributed by atoms with Crippen molar-refractivity contribution in [1.29, 1.82) is 0 Å². The maximum absolute atomic E-state index is 13.1. The van der Waals surface area contributed by atoms with Crippen molar-refractivity contribution in [3.63, 3.8) is 0 Å². The highest BCUT2D eigenvalue weighted by atomic mass is 19.1. The molecule has 0 aromatic heterocycles. The van der Waals surface area contributed by atoms with Gasteiger partial charge in [0.1, 0.15) is 5.82 Å². The Labute approximate surface area is 101 Å². The van der Waals surface area contributed by atoms with Gasteiger partial charge in [-0.15, -0.1) is 0 Å². The van der Waals surface area contributed by atoms with Crippen LogP contribution in [0.4, 0.5) is 10.1 Å². The molecule has 17 heavy (non-hydrogen) atoms. The van der Waals surface area contributed by atoms with Gasteiger partial charge >= 0.3 is 0 Å². The molecule has 3 nitrogen and oxygen atoms in total. The Kier molecular flexibility index (Phi) is 3.74. The van der Waals surface area contributed by atoms with Crippen LogP contribution in [-0.2, 0) is 4.79 Å². The first-order chi connectivity index (χ1) is 8.20. The number of amides is 1. The second kappa shape index (κ2) is 5.27. The fraction of sp³-hybridized carbons (Fsp3) is 0.462. The SMILES string of the molecule is CCN(C(=O)CC1CNC1)c1cccc(F)c1. The fourth-order valence-electron chi connectivity index (χ4n) is 2.00. The summed E-state index contributed by atoms with van der Waals surface area (Å²) in [6, 6.07) is 6.19. The van der Waals surface area contributed by atoms with E-state index in [2.05, 4.69) is 5.32 Å². The van der Waals surface area contributed by atoms with Crippen LogP contribution in [0.1, 0.15) is 13.3 Å². The summed E-state index contributed by atoms with van der Waals surface area (Å²) < 4.78 is 13.1. The third-order valence-corrected chi connectivity index (χ3v) is 3.07. The zero-order valence-electron chi connectivity index (χ0n) is 9.95. The average molecular weight is 236 g/mol. The molecule has 1 aromatic carbocycles. The summed E-state index contributed by atoms with van der Waals surface area (Å²) in [6.07, 6.45) is 0.539. The Hall–Kier alpha value is -1.42. The van der Waals surface area contributed by atoms with Crippen LogP contribution in [0.15, 0.2) is 24.3 Å². The Morgan fingerprint density at radius 1 is 1.53 bits per heavy atom. The number of carbonyl (C=O) groups is 1. The van der Waals surface area contributed by atoms with Gasteiger partial charge in [0, 0.05) is 18.7 Å². The number of hydrogen-bond acceptors (Lipinski definition) is 2. The molecule has 1 aromatic rings. The molecule has 1 saturated heterocycles. The molecule has 4 heteroatoms. The molecule has 1 aliphatic heterocycles. The summed E-state index contributed by atoms with van der Waals surface area (Å²) in [5, 5.41) is 3.14. The van der Waals surface area contributed by atoms with Gasteiger partial charge in [0.25, 0.3) is 0 Å². The molecule has 1 amide bonds. The van der Waals surface area contributed by atoms with E-state index in [-0.39, 0.29) is 11.7 Å². The highest BCUT2D eigenvalue weighted by Gasteiger charge is 2.23. The molecule has 1 fully saturated rings. The van der Waals surface area contributed by atoms with Crippen molar-refractivity contribution in [1.82, 2.24) is 5.32 Å². The third kappa shape index (κ3) is 2.82. The maximum Gasteiger partial charge on any atom is 0.227 e. The lowest BCUT2D eigenvalue weighted by molar-refractivity contribution is -0.119. The van der Waals surface area contributed by atoms with Gasteiger partial charge in [-0.2, -0.15) is 0 Å². The first-order valence-electron chi connectivity index (χ1n) is 5.97. The minimum atomic E-state index is -0.306. The van der Waals surface area contributed by atoms with Crippen LogP contribution in [0.25, 0.3) is 0 Å². The van der Waals surface area contributed by atoms with Crippen molar-refractivity contribution in [2.45, 2.75) is 13.3 Å². The lowest BCUT2D eigenvalue weighted by atomic mass is 9.98. The number of halogens is 1. The standard InChI is InChI=1S/C13H17FN2O/c1-2-16(12-5-3-4-11(14)7-12)13(17)6-10-8-15-9-10/h3-5,7,10,15H,2,6,8-9H2,1H3. The number of hydrogen-bond donors (Lipinski definition) is 1. The number of anilines is 1. The number of carbonyl (C=O) groups excluding carboxylic acids is 1. The molecule has 0 atom stereocenters. The predicted octanol–water partition coefficient (Wildman–Crippen LogP) is 1.79. The zero-order chi connectivity index (χ0) is 12.3. The van der Waals surface area contributed by atoms with E-state index in [0.29, 0.717) is 24.6 Å². The molecular formula is C13H17FN2O. The monoisotopic (exact) mass is 236 g/mol. The van der Waals surface area contributed by atoms with Gasteiger partial charge in [-0.25, -0.2) is 4.39 Å². The molecule has 0 unspecified atom stereocenters. The normalized spacial score (nSPS) is 15.4. The fourth-order valence-corrected chi connectivity index (χ4v) is 2.00. The minimum absolute atomic E-state index is 0.0737. The van der Waals surface area contributed by atoms with Crippen LogP contribution in [0, 0.1) is 11.7 Å². The summed E-state index contributed by atoms with van der Waals surface area (Å²) in [4.78, 5) is 13.7. The molecular weight excluding hydrogens is 219 g/mol. The van der Waals surface area contributed by atoms with E-state index in [0.717, 1.165) is 13.1 Å². The van der Waals surface area contributed by atoms with Gasteiger partial charge in [0.2, 0.25) is 5.91 Å². The van der Waals surface area contributed by atoms with Crippen molar-refractivity contribution in [3.8, 4) is 0 Å². The van der Waals surface area contributed by atoms with Crippen LogP contribution in [0.3, 0.4) is 0 Å². The zero-order valence-corrected chi connectivity index (χ0v) is 9.95. The lowest BCUT2D eigenvalue weighted by Crippen LogP contribution is -2.45. The van der Waals surface area contributed by atoms with E-state index in [1.54, 1.807) is 17.0 Å². The summed E-state index contributed by atoms with van der Waals surface area (Å²) in [6.45, 7) is 4.29. The number of benzene rings is 1. The van der Waals surface area contributed by atoms with E-state index >= 15 is 0 Å². The van der Waals surface area contributed by atoms with E-state index in [9.17, 15) is 9.18 Å². The van der Waals surface area contributed by atoms with Crippen LogP contribution in [0.2, 0.25) is 0 Å². The van der Waals surface area contributed by atoms with Crippen molar-refractivity contribution < 1.29 is 9.18 Å². The van der Waals surface area contributed by atoms with Gasteiger partial charge in [-0.05, 0) is 44.1 Å². The minimum Gasteiger partial charge on any atom is -0.316 e. The highest BCUT2D eigenvalue weighted by Crippen LogP contribution is 2.19. The maximum atomic E-state index is 13.1. The molecule has 0 bridgehead atoms. The molecule has 1 N–H and O–H groups in total. The molecule has 0 aliphatic carbocycles. The Morgan fingerprint density at radius 2 is 2.29 bits per heavy atom. The van der Waals surface area contributed by atoms with Crippen LogP contribution in [-0.4, -0.2) is 25.5 Å².